The molecule has 4 N–H and O–H groups in total. The molecule has 8 heteroatoms. The summed E-state index contributed by atoms with van der Waals surface area (Å²) in [6.07, 6.45) is 1.05. The molecule has 0 saturated carbocycles. The quantitative estimate of drug-likeness (QED) is 0.601. The third kappa shape index (κ3) is 3.24. The first kappa shape index (κ1) is 12.5. The normalized spacial score (nSPS) is 13.0. The number of carbonyl (C=O) groups is 1. The number of halogens is 2. The number of primary amides is 1. The van der Waals surface area contributed by atoms with Crippen LogP contribution in [0.1, 0.15) is 12.4 Å². The zero-order valence-electron chi connectivity index (χ0n) is 8.31. The number of carbonyl (C=O) groups excluding carboxylic acids is 1. The number of aromatic nitrogens is 2. The van der Waals surface area contributed by atoms with Gasteiger partial charge in [0.25, 0.3) is 0 Å². The van der Waals surface area contributed by atoms with Gasteiger partial charge in [-0.15, -0.1) is 0 Å². The van der Waals surface area contributed by atoms with Gasteiger partial charge in [0.15, 0.2) is 0 Å². The highest BCUT2D eigenvalue weighted by atomic mass is 19.3. The number of imidazole rings is 1. The van der Waals surface area contributed by atoms with Gasteiger partial charge in [-0.05, 0) is 0 Å². The number of nitrogens with two attached hydrogens (primary N) is 1. The molecule has 0 fully saturated rings. The minimum atomic E-state index is -2.67. The van der Waals surface area contributed by atoms with E-state index in [4.69, 9.17) is 10.8 Å². The average molecular weight is 234 g/mol. The van der Waals surface area contributed by atoms with Crippen LogP contribution in [0.2, 0.25) is 0 Å². The second-order valence-corrected chi connectivity index (χ2v) is 3.08. The summed E-state index contributed by atoms with van der Waals surface area (Å²) in [5.41, 5.74) is 4.80. The third-order valence-electron chi connectivity index (χ3n) is 1.91. The number of nitrogens with one attached hydrogen (secondary N) is 1. The lowest BCUT2D eigenvalue weighted by Gasteiger charge is -2.09. The summed E-state index contributed by atoms with van der Waals surface area (Å²) in [6, 6.07) is 0. The molecular formula is C8H12F2N4O2. The molecule has 1 amide bonds. The summed E-state index contributed by atoms with van der Waals surface area (Å²) in [6.45, 7) is -2.76. The highest BCUT2D eigenvalue weighted by molar-refractivity contribution is 5.78. The zero-order chi connectivity index (χ0) is 12.1. The minimum Gasteiger partial charge on any atom is -0.382 e. The maximum Gasteiger partial charge on any atom is 0.319 e. The summed E-state index contributed by atoms with van der Waals surface area (Å²) < 4.78 is 25.4. The monoisotopic (exact) mass is 234 g/mol. The van der Waals surface area contributed by atoms with Gasteiger partial charge in [-0.25, -0.2) is 4.98 Å². The van der Waals surface area contributed by atoms with E-state index < -0.39 is 18.6 Å². The molecule has 1 rings (SSSR count). The molecule has 90 valence electrons. The number of hydrogen-bond donors (Lipinski definition) is 3. The maximum absolute atomic E-state index is 12.3. The largest absolute Gasteiger partial charge is 0.382 e. The van der Waals surface area contributed by atoms with Gasteiger partial charge in [-0.2, -0.15) is 8.78 Å². The Morgan fingerprint density at radius 3 is 2.94 bits per heavy atom. The Labute approximate surface area is 90.1 Å². The summed E-state index contributed by atoms with van der Waals surface area (Å²) >= 11 is 0. The fourth-order valence-corrected chi connectivity index (χ4v) is 1.08. The van der Waals surface area contributed by atoms with Crippen LogP contribution >= 0.6 is 0 Å². The standard InChI is InChI=1S/C8H12F2N4O2/c9-8(10)14-2-1-13-6(14)4-12-3-5(15)7(11)16/h1-2,5,8,12,15H,3-4H2,(H2,11,16). The lowest BCUT2D eigenvalue weighted by Crippen LogP contribution is -2.37. The van der Waals surface area contributed by atoms with Crippen molar-refractivity contribution < 1.29 is 18.7 Å². The minimum absolute atomic E-state index is 0.0156. The molecule has 0 aliphatic heterocycles. The summed E-state index contributed by atoms with van der Waals surface area (Å²) in [5, 5.41) is 11.6. The number of rotatable bonds is 6. The van der Waals surface area contributed by atoms with E-state index >= 15 is 0 Å². The van der Waals surface area contributed by atoms with E-state index in [-0.39, 0.29) is 18.9 Å². The van der Waals surface area contributed by atoms with E-state index in [1.807, 2.05) is 0 Å². The molecule has 6 nitrogen and oxygen atoms in total. The molecule has 1 unspecified atom stereocenters. The summed E-state index contributed by atoms with van der Waals surface area (Å²) in [4.78, 5) is 14.2. The van der Waals surface area contributed by atoms with E-state index in [0.717, 1.165) is 6.20 Å². The number of aliphatic hydroxyl groups excluding tert-OH is 1. The first-order chi connectivity index (χ1) is 7.52. The number of alkyl halides is 2. The predicted octanol–water partition coefficient (Wildman–Crippen LogP) is -0.786. The van der Waals surface area contributed by atoms with Gasteiger partial charge < -0.3 is 16.2 Å². The Morgan fingerprint density at radius 2 is 2.38 bits per heavy atom. The molecule has 0 aliphatic rings. The van der Waals surface area contributed by atoms with E-state index in [9.17, 15) is 13.6 Å². The van der Waals surface area contributed by atoms with Gasteiger partial charge in [0.05, 0.1) is 6.54 Å². The van der Waals surface area contributed by atoms with Gasteiger partial charge in [0.1, 0.15) is 11.9 Å². The van der Waals surface area contributed by atoms with Crippen molar-refractivity contribution in [3.8, 4) is 0 Å². The Hall–Kier alpha value is -1.54. The first-order valence-electron chi connectivity index (χ1n) is 4.50. The van der Waals surface area contributed by atoms with E-state index in [1.54, 1.807) is 0 Å². The number of hydrogen-bond acceptors (Lipinski definition) is 4. The van der Waals surface area contributed by atoms with Crippen LogP contribution in [0.5, 0.6) is 0 Å². The van der Waals surface area contributed by atoms with Crippen molar-refractivity contribution in [1.29, 1.82) is 0 Å². The van der Waals surface area contributed by atoms with Crippen molar-refractivity contribution >= 4 is 5.91 Å². The van der Waals surface area contributed by atoms with Crippen LogP contribution in [-0.2, 0) is 11.3 Å². The zero-order valence-corrected chi connectivity index (χ0v) is 8.31. The van der Waals surface area contributed by atoms with Crippen LogP contribution < -0.4 is 11.1 Å². The van der Waals surface area contributed by atoms with E-state index in [2.05, 4.69) is 10.3 Å². The highest BCUT2D eigenvalue weighted by Crippen LogP contribution is 2.11. The van der Waals surface area contributed by atoms with Crippen molar-refractivity contribution in [2.75, 3.05) is 6.54 Å². The summed E-state index contributed by atoms with van der Waals surface area (Å²) in [7, 11) is 0. The topological polar surface area (TPSA) is 93.2 Å². The van der Waals surface area contributed by atoms with Crippen molar-refractivity contribution in [3.63, 3.8) is 0 Å². The van der Waals surface area contributed by atoms with Gasteiger partial charge in [0.2, 0.25) is 5.91 Å². The number of amides is 1. The molecule has 0 aliphatic carbocycles. The second-order valence-electron chi connectivity index (χ2n) is 3.08. The van der Waals surface area contributed by atoms with Crippen LogP contribution in [-0.4, -0.2) is 33.2 Å². The smallest absolute Gasteiger partial charge is 0.319 e. The lowest BCUT2D eigenvalue weighted by atomic mass is 10.3. The molecule has 16 heavy (non-hydrogen) atoms. The average Bonchev–Trinajstić information content (AvgIpc) is 2.65. The van der Waals surface area contributed by atoms with Gasteiger partial charge in [0, 0.05) is 18.9 Å². The molecule has 1 atom stereocenters. The molecule has 1 aromatic rings. The van der Waals surface area contributed by atoms with Crippen LogP contribution in [0.15, 0.2) is 12.4 Å². The number of aliphatic hydroxyl groups is 1. The SMILES string of the molecule is NC(=O)C(O)CNCc1nccn1C(F)F. The molecule has 0 radical (unpaired) electrons. The third-order valence-corrected chi connectivity index (χ3v) is 1.91. The fourth-order valence-electron chi connectivity index (χ4n) is 1.08. The first-order valence-corrected chi connectivity index (χ1v) is 4.50. The molecule has 0 bridgehead atoms. The Morgan fingerprint density at radius 1 is 1.69 bits per heavy atom. The Balaban J connectivity index is 2.43. The predicted molar refractivity (Wildman–Crippen MR) is 50.4 cm³/mol. The summed E-state index contributed by atoms with van der Waals surface area (Å²) in [5.74, 6) is -0.753. The molecule has 1 heterocycles. The molecule has 0 aromatic carbocycles. The Kier molecular flexibility index (Phi) is 4.32. The molecular weight excluding hydrogens is 222 g/mol. The van der Waals surface area contributed by atoms with Crippen LogP contribution in [0.3, 0.4) is 0 Å². The van der Waals surface area contributed by atoms with Gasteiger partial charge >= 0.3 is 6.55 Å². The van der Waals surface area contributed by atoms with Gasteiger partial charge in [-0.3, -0.25) is 9.36 Å². The molecule has 0 spiro atoms. The molecule has 1 aromatic heterocycles. The van der Waals surface area contributed by atoms with Crippen LogP contribution in [0.4, 0.5) is 8.78 Å². The lowest BCUT2D eigenvalue weighted by molar-refractivity contribution is -0.125. The second kappa shape index (κ2) is 5.52. The van der Waals surface area contributed by atoms with Gasteiger partial charge in [-0.1, -0.05) is 0 Å². The highest BCUT2D eigenvalue weighted by Gasteiger charge is 2.13. The maximum atomic E-state index is 12.3. The number of nitrogens with zero attached hydrogens (tertiary/aromatic N) is 2. The van der Waals surface area contributed by atoms with Crippen molar-refractivity contribution in [1.82, 2.24) is 14.9 Å². The van der Waals surface area contributed by atoms with Crippen LogP contribution in [0, 0.1) is 0 Å². The van der Waals surface area contributed by atoms with Crippen molar-refractivity contribution in [2.45, 2.75) is 19.2 Å². The van der Waals surface area contributed by atoms with Crippen molar-refractivity contribution in [2.24, 2.45) is 5.73 Å². The van der Waals surface area contributed by atoms with Crippen molar-refractivity contribution in [3.05, 3.63) is 18.2 Å². The fraction of sp³-hybridized carbons (Fsp3) is 0.500. The van der Waals surface area contributed by atoms with E-state index in [1.165, 1.54) is 6.20 Å². The van der Waals surface area contributed by atoms with E-state index in [0.29, 0.717) is 4.57 Å². The Bertz CT molecular complexity index is 356. The van der Waals surface area contributed by atoms with Crippen LogP contribution in [0.25, 0.3) is 0 Å². The molecule has 0 saturated heterocycles.